The number of benzene rings is 1. The average Bonchev–Trinajstić information content (AvgIpc) is 2.54. The highest BCUT2D eigenvalue weighted by Crippen LogP contribution is 2.23. The molecule has 0 aliphatic heterocycles. The number of nitrogen functional groups attached to an aromatic ring is 1. The molecule has 0 aliphatic carbocycles. The highest BCUT2D eigenvalue weighted by atomic mass is 14.8. The lowest BCUT2D eigenvalue weighted by molar-refractivity contribution is 1.09. The van der Waals surface area contributed by atoms with Gasteiger partial charge in [0.1, 0.15) is 0 Å². The fourth-order valence-corrected chi connectivity index (χ4v) is 2.31. The van der Waals surface area contributed by atoms with Gasteiger partial charge in [0.25, 0.3) is 0 Å². The Morgan fingerprint density at radius 3 is 2.59 bits per heavy atom. The summed E-state index contributed by atoms with van der Waals surface area (Å²) in [6.45, 7) is 11.0. The van der Waals surface area contributed by atoms with Gasteiger partial charge in [-0.2, -0.15) is 0 Å². The van der Waals surface area contributed by atoms with Crippen molar-refractivity contribution in [3.05, 3.63) is 65.5 Å². The third kappa shape index (κ3) is 3.42. The molecule has 0 saturated heterocycles. The van der Waals surface area contributed by atoms with Crippen LogP contribution in [0.25, 0.3) is 5.57 Å². The van der Waals surface area contributed by atoms with E-state index in [0.29, 0.717) is 12.2 Å². The summed E-state index contributed by atoms with van der Waals surface area (Å²) >= 11 is 0. The van der Waals surface area contributed by atoms with Crippen LogP contribution in [0.5, 0.6) is 0 Å². The summed E-state index contributed by atoms with van der Waals surface area (Å²) in [6, 6.07) is 10.0. The first-order valence-electron chi connectivity index (χ1n) is 7.62. The Labute approximate surface area is 132 Å². The number of allylic oxidation sites excluding steroid dienone is 1. The summed E-state index contributed by atoms with van der Waals surface area (Å²) in [5.74, 6) is 0. The Morgan fingerprint density at radius 1 is 1.23 bits per heavy atom. The van der Waals surface area contributed by atoms with Crippen molar-refractivity contribution in [2.45, 2.75) is 27.2 Å². The molecule has 0 unspecified atom stereocenters. The second-order valence-electron chi connectivity index (χ2n) is 5.30. The third-order valence-electron chi connectivity index (χ3n) is 3.61. The summed E-state index contributed by atoms with van der Waals surface area (Å²) in [4.78, 5) is 9.12. The van der Waals surface area contributed by atoms with E-state index in [4.69, 9.17) is 5.73 Å². The molecule has 0 atom stereocenters. The molecule has 2 rings (SSSR count). The number of nitrogens with two attached hydrogens (primary N) is 1. The Bertz CT molecular complexity index is 697. The van der Waals surface area contributed by atoms with Crippen molar-refractivity contribution in [3.8, 4) is 0 Å². The standard InChI is InChI=1S/C19H23N3/c1-5-15-8-10-18(22-12-15)14(4)19(21-6-2)16-11-13(3)7-9-17(16)20/h7-12H,4-6,20H2,1-3H3. The topological polar surface area (TPSA) is 51.3 Å². The van der Waals surface area contributed by atoms with Crippen LogP contribution >= 0.6 is 0 Å². The number of anilines is 1. The number of nitrogens with zero attached hydrogens (tertiary/aromatic N) is 2. The van der Waals surface area contributed by atoms with Crippen molar-refractivity contribution >= 4 is 17.0 Å². The molecule has 3 heteroatoms. The number of aliphatic imine (C=N–C) groups is 1. The molecular formula is C19H23N3. The zero-order chi connectivity index (χ0) is 16.1. The number of aromatic nitrogens is 1. The van der Waals surface area contributed by atoms with Gasteiger partial charge in [-0.05, 0) is 44.0 Å². The lowest BCUT2D eigenvalue weighted by Gasteiger charge is -2.13. The minimum atomic E-state index is 0.675. The first-order valence-corrected chi connectivity index (χ1v) is 7.62. The molecule has 0 fully saturated rings. The normalized spacial score (nSPS) is 11.5. The van der Waals surface area contributed by atoms with E-state index in [1.807, 2.05) is 38.2 Å². The van der Waals surface area contributed by atoms with Gasteiger partial charge in [-0.25, -0.2) is 0 Å². The molecule has 0 bridgehead atoms. The van der Waals surface area contributed by atoms with E-state index in [-0.39, 0.29) is 0 Å². The van der Waals surface area contributed by atoms with Gasteiger partial charge >= 0.3 is 0 Å². The molecule has 1 heterocycles. The van der Waals surface area contributed by atoms with Crippen molar-refractivity contribution in [1.29, 1.82) is 0 Å². The quantitative estimate of drug-likeness (QED) is 0.667. The number of pyridine rings is 1. The molecule has 0 amide bonds. The van der Waals surface area contributed by atoms with E-state index in [2.05, 4.69) is 35.6 Å². The van der Waals surface area contributed by atoms with E-state index in [0.717, 1.165) is 34.5 Å². The van der Waals surface area contributed by atoms with E-state index >= 15 is 0 Å². The van der Waals surface area contributed by atoms with Gasteiger partial charge in [0, 0.05) is 29.6 Å². The zero-order valence-electron chi connectivity index (χ0n) is 13.6. The van der Waals surface area contributed by atoms with Crippen LogP contribution in [0, 0.1) is 6.92 Å². The molecule has 3 nitrogen and oxygen atoms in total. The van der Waals surface area contributed by atoms with Crippen LogP contribution in [-0.4, -0.2) is 17.2 Å². The van der Waals surface area contributed by atoms with Crippen molar-refractivity contribution < 1.29 is 0 Å². The SMILES string of the molecule is C=C(C(=NCC)c1cc(C)ccc1N)c1ccc(CC)cn1. The number of hydrogen-bond acceptors (Lipinski definition) is 3. The summed E-state index contributed by atoms with van der Waals surface area (Å²) in [5.41, 5.74) is 12.6. The fourth-order valence-electron chi connectivity index (χ4n) is 2.31. The maximum atomic E-state index is 6.14. The minimum Gasteiger partial charge on any atom is -0.398 e. The molecule has 114 valence electrons. The van der Waals surface area contributed by atoms with Crippen LogP contribution in [0.2, 0.25) is 0 Å². The predicted molar refractivity (Wildman–Crippen MR) is 95.3 cm³/mol. The molecule has 0 spiro atoms. The van der Waals surface area contributed by atoms with Crippen LogP contribution in [-0.2, 0) is 6.42 Å². The highest BCUT2D eigenvalue weighted by molar-refractivity contribution is 6.32. The molecule has 0 saturated carbocycles. The molecule has 0 aliphatic rings. The van der Waals surface area contributed by atoms with E-state index in [1.54, 1.807) is 0 Å². The van der Waals surface area contributed by atoms with Crippen molar-refractivity contribution in [2.24, 2.45) is 4.99 Å². The van der Waals surface area contributed by atoms with E-state index in [9.17, 15) is 0 Å². The van der Waals surface area contributed by atoms with E-state index in [1.165, 1.54) is 5.56 Å². The summed E-state index contributed by atoms with van der Waals surface area (Å²) < 4.78 is 0. The van der Waals surface area contributed by atoms with Crippen molar-refractivity contribution in [1.82, 2.24) is 4.98 Å². The smallest absolute Gasteiger partial charge is 0.0755 e. The Balaban J connectivity index is 2.45. The third-order valence-corrected chi connectivity index (χ3v) is 3.61. The monoisotopic (exact) mass is 293 g/mol. The Hall–Kier alpha value is -2.42. The maximum absolute atomic E-state index is 6.14. The maximum Gasteiger partial charge on any atom is 0.0755 e. The first-order chi connectivity index (χ1) is 10.6. The number of hydrogen-bond donors (Lipinski definition) is 1. The van der Waals surface area contributed by atoms with Gasteiger partial charge in [0.2, 0.25) is 0 Å². The van der Waals surface area contributed by atoms with Crippen LogP contribution < -0.4 is 5.73 Å². The van der Waals surface area contributed by atoms with Gasteiger partial charge in [0.05, 0.1) is 11.4 Å². The molecule has 22 heavy (non-hydrogen) atoms. The van der Waals surface area contributed by atoms with Crippen LogP contribution in [0.4, 0.5) is 5.69 Å². The fraction of sp³-hybridized carbons (Fsp3) is 0.263. The van der Waals surface area contributed by atoms with Crippen molar-refractivity contribution in [2.75, 3.05) is 12.3 Å². The molecule has 1 aromatic carbocycles. The highest BCUT2D eigenvalue weighted by Gasteiger charge is 2.14. The lowest BCUT2D eigenvalue weighted by atomic mass is 9.97. The second-order valence-corrected chi connectivity index (χ2v) is 5.30. The zero-order valence-corrected chi connectivity index (χ0v) is 13.6. The largest absolute Gasteiger partial charge is 0.398 e. The minimum absolute atomic E-state index is 0.675. The van der Waals surface area contributed by atoms with Crippen LogP contribution in [0.15, 0.2) is 48.1 Å². The number of aryl methyl sites for hydroxylation is 2. The van der Waals surface area contributed by atoms with E-state index < -0.39 is 0 Å². The predicted octanol–water partition coefficient (Wildman–Crippen LogP) is 4.06. The summed E-state index contributed by atoms with van der Waals surface area (Å²) in [6.07, 6.45) is 2.87. The second kappa shape index (κ2) is 7.03. The molecule has 0 radical (unpaired) electrons. The molecule has 2 aromatic rings. The molecule has 1 aromatic heterocycles. The van der Waals surface area contributed by atoms with Gasteiger partial charge in [-0.15, -0.1) is 0 Å². The van der Waals surface area contributed by atoms with Crippen LogP contribution in [0.1, 0.15) is 36.2 Å². The Morgan fingerprint density at radius 2 is 2.00 bits per heavy atom. The number of rotatable bonds is 5. The summed E-state index contributed by atoms with van der Waals surface area (Å²) in [5, 5.41) is 0. The van der Waals surface area contributed by atoms with Gasteiger partial charge in [-0.1, -0.05) is 31.2 Å². The van der Waals surface area contributed by atoms with Crippen LogP contribution in [0.3, 0.4) is 0 Å². The van der Waals surface area contributed by atoms with Gasteiger partial charge in [-0.3, -0.25) is 9.98 Å². The van der Waals surface area contributed by atoms with Gasteiger partial charge < -0.3 is 5.73 Å². The molecular weight excluding hydrogens is 270 g/mol. The average molecular weight is 293 g/mol. The van der Waals surface area contributed by atoms with Gasteiger partial charge in [0.15, 0.2) is 0 Å². The first kappa shape index (κ1) is 16.0. The Kier molecular flexibility index (Phi) is 5.10. The summed E-state index contributed by atoms with van der Waals surface area (Å²) in [7, 11) is 0. The molecule has 2 N–H and O–H groups in total. The van der Waals surface area contributed by atoms with Crippen molar-refractivity contribution in [3.63, 3.8) is 0 Å². The lowest BCUT2D eigenvalue weighted by Crippen LogP contribution is -2.09.